The molecule has 0 N–H and O–H groups in total. The van der Waals surface area contributed by atoms with Crippen molar-refractivity contribution in [3.63, 3.8) is 0 Å². The average Bonchev–Trinajstić information content (AvgIpc) is 1.96. The number of rotatable bonds is 3. The van der Waals surface area contributed by atoms with Crippen molar-refractivity contribution in [2.45, 2.75) is 32.5 Å². The zero-order chi connectivity index (χ0) is 8.48. The Morgan fingerprint density at radius 3 is 2.73 bits per heavy atom. The van der Waals surface area contributed by atoms with Gasteiger partial charge in [-0.25, -0.2) is 0 Å². The number of hydrogen-bond donors (Lipinski definition) is 0. The summed E-state index contributed by atoms with van der Waals surface area (Å²) in [6.45, 7) is 6.41. The van der Waals surface area contributed by atoms with Crippen LogP contribution in [-0.4, -0.2) is 30.7 Å². The van der Waals surface area contributed by atoms with Crippen molar-refractivity contribution in [1.29, 1.82) is 0 Å². The van der Waals surface area contributed by atoms with E-state index in [0.717, 1.165) is 0 Å². The van der Waals surface area contributed by atoms with Gasteiger partial charge in [-0.2, -0.15) is 0 Å². The van der Waals surface area contributed by atoms with Crippen LogP contribution in [0.3, 0.4) is 0 Å². The first kappa shape index (κ1) is 8.68. The lowest BCUT2D eigenvalue weighted by molar-refractivity contribution is -0.236. The normalized spacial score (nSPS) is 36.5. The summed E-state index contributed by atoms with van der Waals surface area (Å²) in [7, 11) is 0. The summed E-state index contributed by atoms with van der Waals surface area (Å²) in [5.41, 5.74) is -0.671. The summed E-state index contributed by atoms with van der Waals surface area (Å²) in [5, 5.41) is 0. The third kappa shape index (κ3) is 1.30. The maximum absolute atomic E-state index is 11.0. The maximum Gasteiger partial charge on any atom is 0.164 e. The van der Waals surface area contributed by atoms with Crippen LogP contribution < -0.4 is 0 Å². The Morgan fingerprint density at radius 2 is 2.45 bits per heavy atom. The van der Waals surface area contributed by atoms with E-state index in [1.165, 1.54) is 6.92 Å². The first-order valence-corrected chi connectivity index (χ1v) is 3.88. The molecule has 1 aliphatic rings. The highest BCUT2D eigenvalue weighted by atomic mass is 16.6. The zero-order valence-electron chi connectivity index (χ0n) is 7.22. The summed E-state index contributed by atoms with van der Waals surface area (Å²) in [5.74, 6) is 0.0437. The molecule has 0 amide bonds. The summed E-state index contributed by atoms with van der Waals surface area (Å²) in [4.78, 5) is 11.0. The van der Waals surface area contributed by atoms with E-state index in [0.29, 0.717) is 13.2 Å². The van der Waals surface area contributed by atoms with Crippen molar-refractivity contribution in [3.05, 3.63) is 0 Å². The Bertz CT molecular complexity index is 167. The van der Waals surface area contributed by atoms with E-state index >= 15 is 0 Å². The van der Waals surface area contributed by atoms with Crippen molar-refractivity contribution in [3.8, 4) is 0 Å². The predicted octanol–water partition coefficient (Wildman–Crippen LogP) is 0.769. The summed E-state index contributed by atoms with van der Waals surface area (Å²) < 4.78 is 10.5. The number of Topliss-reactive ketones (excluding diaryl/α,β-unsaturated/α-hetero) is 1. The summed E-state index contributed by atoms with van der Waals surface area (Å²) in [6.07, 6.45) is -0.0370. The molecule has 0 bridgehead atoms. The molecular formula is C8H14O3. The van der Waals surface area contributed by atoms with Crippen LogP contribution in [0.4, 0.5) is 0 Å². The molecule has 2 atom stereocenters. The van der Waals surface area contributed by atoms with E-state index < -0.39 is 5.60 Å². The summed E-state index contributed by atoms with van der Waals surface area (Å²) >= 11 is 0. The second-order valence-corrected chi connectivity index (χ2v) is 2.92. The third-order valence-corrected chi connectivity index (χ3v) is 2.22. The monoisotopic (exact) mass is 158 g/mol. The van der Waals surface area contributed by atoms with Gasteiger partial charge in [0.25, 0.3) is 0 Å². The van der Waals surface area contributed by atoms with Gasteiger partial charge in [0.2, 0.25) is 0 Å². The average molecular weight is 158 g/mol. The molecule has 3 nitrogen and oxygen atoms in total. The largest absolute Gasteiger partial charge is 0.373 e. The molecule has 1 rings (SSSR count). The lowest BCUT2D eigenvalue weighted by atomic mass is 9.90. The first-order chi connectivity index (χ1) is 5.11. The predicted molar refractivity (Wildman–Crippen MR) is 40.5 cm³/mol. The summed E-state index contributed by atoms with van der Waals surface area (Å²) in [6, 6.07) is 0. The van der Waals surface area contributed by atoms with Crippen molar-refractivity contribution < 1.29 is 14.3 Å². The minimum atomic E-state index is -0.671. The van der Waals surface area contributed by atoms with E-state index in [1.54, 1.807) is 6.92 Å². The van der Waals surface area contributed by atoms with Gasteiger partial charge in [0.1, 0.15) is 6.10 Å². The fourth-order valence-electron chi connectivity index (χ4n) is 1.14. The highest BCUT2D eigenvalue weighted by molar-refractivity contribution is 5.86. The van der Waals surface area contributed by atoms with Crippen LogP contribution in [0.15, 0.2) is 0 Å². The molecule has 1 heterocycles. The molecule has 0 aromatic carbocycles. The quantitative estimate of drug-likeness (QED) is 0.608. The lowest BCUT2D eigenvalue weighted by Gasteiger charge is -2.44. The van der Waals surface area contributed by atoms with Gasteiger partial charge < -0.3 is 9.47 Å². The molecule has 3 heteroatoms. The highest BCUT2D eigenvalue weighted by Crippen LogP contribution is 2.29. The molecule has 0 aliphatic carbocycles. The number of hydrogen-bond acceptors (Lipinski definition) is 3. The van der Waals surface area contributed by atoms with Crippen molar-refractivity contribution in [1.82, 2.24) is 0 Å². The number of ether oxygens (including phenoxy) is 2. The molecule has 1 fully saturated rings. The zero-order valence-corrected chi connectivity index (χ0v) is 7.22. The van der Waals surface area contributed by atoms with Crippen LogP contribution in [0.25, 0.3) is 0 Å². The van der Waals surface area contributed by atoms with E-state index in [4.69, 9.17) is 9.47 Å². The van der Waals surface area contributed by atoms with Crippen molar-refractivity contribution >= 4 is 5.78 Å². The van der Waals surface area contributed by atoms with Gasteiger partial charge in [-0.15, -0.1) is 0 Å². The van der Waals surface area contributed by atoms with Crippen LogP contribution in [0.1, 0.15) is 20.8 Å². The van der Waals surface area contributed by atoms with E-state index in [2.05, 4.69) is 0 Å². The minimum Gasteiger partial charge on any atom is -0.373 e. The fourth-order valence-corrected chi connectivity index (χ4v) is 1.14. The molecule has 0 saturated carbocycles. The van der Waals surface area contributed by atoms with Crippen molar-refractivity contribution in [2.24, 2.45) is 0 Å². The van der Waals surface area contributed by atoms with Gasteiger partial charge >= 0.3 is 0 Å². The second kappa shape index (κ2) is 2.91. The highest BCUT2D eigenvalue weighted by Gasteiger charge is 2.49. The van der Waals surface area contributed by atoms with Crippen molar-refractivity contribution in [2.75, 3.05) is 13.2 Å². The molecule has 64 valence electrons. The lowest BCUT2D eigenvalue weighted by Crippen LogP contribution is -2.61. The maximum atomic E-state index is 11.0. The van der Waals surface area contributed by atoms with E-state index in [1.807, 2.05) is 6.92 Å². The van der Waals surface area contributed by atoms with Gasteiger partial charge in [0.15, 0.2) is 11.4 Å². The van der Waals surface area contributed by atoms with Crippen LogP contribution in [0.5, 0.6) is 0 Å². The van der Waals surface area contributed by atoms with Crippen LogP contribution in [0, 0.1) is 0 Å². The number of ketones is 1. The van der Waals surface area contributed by atoms with Gasteiger partial charge in [-0.1, -0.05) is 0 Å². The molecule has 0 aromatic rings. The van der Waals surface area contributed by atoms with Gasteiger partial charge in [0, 0.05) is 6.61 Å². The van der Waals surface area contributed by atoms with Crippen LogP contribution in [-0.2, 0) is 14.3 Å². The standard InChI is InChI=1S/C8H14O3/c1-4-10-7-5-11-8(7,3)6(2)9/h7H,4-5H2,1-3H3/t7-,8-/m0/s1. The Labute approximate surface area is 66.7 Å². The molecule has 0 aromatic heterocycles. The van der Waals surface area contributed by atoms with Gasteiger partial charge in [-0.3, -0.25) is 4.79 Å². The van der Waals surface area contributed by atoms with Crippen LogP contribution in [0.2, 0.25) is 0 Å². The Hall–Kier alpha value is -0.410. The molecular weight excluding hydrogens is 144 g/mol. The second-order valence-electron chi connectivity index (χ2n) is 2.92. The topological polar surface area (TPSA) is 35.5 Å². The first-order valence-electron chi connectivity index (χ1n) is 3.88. The molecule has 11 heavy (non-hydrogen) atoms. The number of carbonyl (C=O) groups is 1. The Balaban J connectivity index is 2.52. The molecule has 0 spiro atoms. The van der Waals surface area contributed by atoms with E-state index in [-0.39, 0.29) is 11.9 Å². The van der Waals surface area contributed by atoms with Crippen LogP contribution >= 0.6 is 0 Å². The fraction of sp³-hybridized carbons (Fsp3) is 0.875. The molecule has 0 unspecified atom stereocenters. The molecule has 1 aliphatic heterocycles. The third-order valence-electron chi connectivity index (χ3n) is 2.22. The minimum absolute atomic E-state index is 0.0370. The van der Waals surface area contributed by atoms with Gasteiger partial charge in [0.05, 0.1) is 6.61 Å². The SMILES string of the molecule is CCO[C@H]1CO[C@@]1(C)C(C)=O. The smallest absolute Gasteiger partial charge is 0.164 e. The molecule has 0 radical (unpaired) electrons. The van der Waals surface area contributed by atoms with E-state index in [9.17, 15) is 4.79 Å². The van der Waals surface area contributed by atoms with Gasteiger partial charge in [-0.05, 0) is 20.8 Å². The Morgan fingerprint density at radius 1 is 1.82 bits per heavy atom. The number of carbonyl (C=O) groups excluding carboxylic acids is 1. The molecule has 1 saturated heterocycles. The Kier molecular flexibility index (Phi) is 2.30.